The highest BCUT2D eigenvalue weighted by Gasteiger charge is 2.10. The fourth-order valence-electron chi connectivity index (χ4n) is 1.52. The zero-order chi connectivity index (χ0) is 11.0. The first-order valence-electron chi connectivity index (χ1n) is 4.64. The Balaban J connectivity index is 2.61. The number of aromatic nitrogens is 2. The molecule has 0 fully saturated rings. The lowest BCUT2D eigenvalue weighted by molar-refractivity contribution is 0.553. The van der Waals surface area contributed by atoms with Crippen LogP contribution in [0.5, 0.6) is 0 Å². The molecule has 0 aliphatic carbocycles. The number of halogens is 2. The van der Waals surface area contributed by atoms with E-state index >= 15 is 0 Å². The van der Waals surface area contributed by atoms with E-state index in [9.17, 15) is 0 Å². The molecule has 0 bridgehead atoms. The monoisotopic (exact) mass is 243 g/mol. The van der Waals surface area contributed by atoms with Crippen molar-refractivity contribution in [2.75, 3.05) is 0 Å². The van der Waals surface area contributed by atoms with E-state index < -0.39 is 0 Å². The molecule has 0 unspecified atom stereocenters. The van der Waals surface area contributed by atoms with Gasteiger partial charge in [-0.3, -0.25) is 4.68 Å². The van der Waals surface area contributed by atoms with Crippen LogP contribution in [0.4, 0.5) is 0 Å². The first kappa shape index (κ1) is 10.7. The van der Waals surface area contributed by atoms with Gasteiger partial charge in [-0.25, -0.2) is 0 Å². The van der Waals surface area contributed by atoms with Crippen molar-refractivity contribution in [1.82, 2.24) is 9.78 Å². The van der Waals surface area contributed by atoms with Crippen LogP contribution in [-0.2, 0) is 6.54 Å². The Morgan fingerprint density at radius 1 is 1.47 bits per heavy atom. The molecule has 2 aromatic rings. The van der Waals surface area contributed by atoms with Crippen LogP contribution in [0.25, 0.3) is 10.9 Å². The fraction of sp³-hybridized carbons (Fsp3) is 0.300. The third-order valence-electron chi connectivity index (χ3n) is 2.16. The highest BCUT2D eigenvalue weighted by molar-refractivity contribution is 6.45. The molecule has 0 amide bonds. The number of hydrogen-bond donors (Lipinski definition) is 1. The lowest BCUT2D eigenvalue weighted by atomic mass is 10.2. The molecule has 0 aliphatic heterocycles. The minimum atomic E-state index is 0.0307. The minimum Gasteiger partial charge on any atom is -0.326 e. The molecular weight excluding hydrogens is 233 g/mol. The number of hydrogen-bond acceptors (Lipinski definition) is 2. The molecule has 3 nitrogen and oxygen atoms in total. The second-order valence-electron chi connectivity index (χ2n) is 3.60. The van der Waals surface area contributed by atoms with Gasteiger partial charge in [0.25, 0.3) is 0 Å². The van der Waals surface area contributed by atoms with Crippen LogP contribution in [0.3, 0.4) is 0 Å². The van der Waals surface area contributed by atoms with Crippen molar-refractivity contribution in [3.63, 3.8) is 0 Å². The lowest BCUT2D eigenvalue weighted by Gasteiger charge is -2.08. The van der Waals surface area contributed by atoms with Crippen molar-refractivity contribution in [1.29, 1.82) is 0 Å². The van der Waals surface area contributed by atoms with Gasteiger partial charge in [0.2, 0.25) is 0 Å². The Bertz CT molecular complexity index is 491. The summed E-state index contributed by atoms with van der Waals surface area (Å²) in [4.78, 5) is 0. The summed E-state index contributed by atoms with van der Waals surface area (Å²) in [7, 11) is 0. The van der Waals surface area contributed by atoms with Crippen LogP contribution >= 0.6 is 23.2 Å². The van der Waals surface area contributed by atoms with Crippen LogP contribution in [0.2, 0.25) is 10.0 Å². The summed E-state index contributed by atoms with van der Waals surface area (Å²) in [6.45, 7) is 2.55. The maximum atomic E-state index is 6.12. The van der Waals surface area contributed by atoms with E-state index in [1.165, 1.54) is 0 Å². The molecule has 0 radical (unpaired) electrons. The molecular formula is C10H11Cl2N3. The molecule has 15 heavy (non-hydrogen) atoms. The maximum Gasteiger partial charge on any atom is 0.0884 e. The first-order valence-corrected chi connectivity index (χ1v) is 5.40. The topological polar surface area (TPSA) is 43.8 Å². The molecule has 0 aliphatic rings. The molecule has 1 aromatic carbocycles. The third-order valence-corrected chi connectivity index (χ3v) is 2.95. The Kier molecular flexibility index (Phi) is 2.87. The first-order chi connectivity index (χ1) is 7.09. The van der Waals surface area contributed by atoms with Gasteiger partial charge in [0.1, 0.15) is 0 Å². The standard InChI is InChI=1S/C10H11Cl2N3/c1-6(13)5-15-10-7(4-14-15)2-3-8(11)9(10)12/h2-4,6H,5,13H2,1H3/t6-/m0/s1. The summed E-state index contributed by atoms with van der Waals surface area (Å²) in [5.74, 6) is 0. The zero-order valence-electron chi connectivity index (χ0n) is 8.24. The molecule has 2 N–H and O–H groups in total. The van der Waals surface area contributed by atoms with Crippen molar-refractivity contribution in [3.05, 3.63) is 28.4 Å². The highest BCUT2D eigenvalue weighted by atomic mass is 35.5. The van der Waals surface area contributed by atoms with Crippen LogP contribution in [0, 0.1) is 0 Å². The van der Waals surface area contributed by atoms with Gasteiger partial charge in [0, 0.05) is 11.4 Å². The van der Waals surface area contributed by atoms with E-state index in [0.717, 1.165) is 10.9 Å². The van der Waals surface area contributed by atoms with E-state index in [-0.39, 0.29) is 6.04 Å². The molecule has 5 heteroatoms. The smallest absolute Gasteiger partial charge is 0.0884 e. The summed E-state index contributed by atoms with van der Waals surface area (Å²) in [6, 6.07) is 3.70. The van der Waals surface area contributed by atoms with Gasteiger partial charge < -0.3 is 5.73 Å². The van der Waals surface area contributed by atoms with Gasteiger partial charge >= 0.3 is 0 Å². The quantitative estimate of drug-likeness (QED) is 0.882. The maximum absolute atomic E-state index is 6.12. The van der Waals surface area contributed by atoms with Gasteiger partial charge in [-0.2, -0.15) is 5.10 Å². The van der Waals surface area contributed by atoms with Gasteiger partial charge in [-0.05, 0) is 19.1 Å². The molecule has 0 spiro atoms. The summed E-state index contributed by atoms with van der Waals surface area (Å²) in [6.07, 6.45) is 1.76. The van der Waals surface area contributed by atoms with Gasteiger partial charge in [0.15, 0.2) is 0 Å². The zero-order valence-corrected chi connectivity index (χ0v) is 9.76. The van der Waals surface area contributed by atoms with Crippen molar-refractivity contribution in [3.8, 4) is 0 Å². The van der Waals surface area contributed by atoms with Gasteiger partial charge in [-0.1, -0.05) is 23.2 Å². The predicted octanol–water partition coefficient (Wildman–Crippen LogP) is 2.69. The van der Waals surface area contributed by atoms with Crippen LogP contribution in [0.15, 0.2) is 18.3 Å². The molecule has 1 heterocycles. The summed E-state index contributed by atoms with van der Waals surface area (Å²) in [5, 5.41) is 6.28. The number of nitrogens with zero attached hydrogens (tertiary/aromatic N) is 2. The highest BCUT2D eigenvalue weighted by Crippen LogP contribution is 2.30. The van der Waals surface area contributed by atoms with E-state index in [4.69, 9.17) is 28.9 Å². The van der Waals surface area contributed by atoms with E-state index in [0.29, 0.717) is 16.6 Å². The van der Waals surface area contributed by atoms with Gasteiger partial charge in [-0.15, -0.1) is 0 Å². The normalized spacial score (nSPS) is 13.3. The second-order valence-corrected chi connectivity index (χ2v) is 4.39. The predicted molar refractivity (Wildman–Crippen MR) is 63.4 cm³/mol. The van der Waals surface area contributed by atoms with E-state index in [1.807, 2.05) is 13.0 Å². The van der Waals surface area contributed by atoms with Crippen molar-refractivity contribution in [2.24, 2.45) is 5.73 Å². The Morgan fingerprint density at radius 3 is 2.87 bits per heavy atom. The van der Waals surface area contributed by atoms with Crippen molar-refractivity contribution in [2.45, 2.75) is 19.5 Å². The molecule has 0 saturated heterocycles. The largest absolute Gasteiger partial charge is 0.326 e. The van der Waals surface area contributed by atoms with E-state index in [2.05, 4.69) is 5.10 Å². The number of benzene rings is 1. The van der Waals surface area contributed by atoms with E-state index in [1.54, 1.807) is 16.9 Å². The third kappa shape index (κ3) is 1.95. The molecule has 1 atom stereocenters. The van der Waals surface area contributed by atoms with Crippen molar-refractivity contribution >= 4 is 34.1 Å². The average molecular weight is 244 g/mol. The lowest BCUT2D eigenvalue weighted by Crippen LogP contribution is -2.22. The molecule has 0 saturated carbocycles. The Labute approximate surface area is 97.8 Å². The Morgan fingerprint density at radius 2 is 2.20 bits per heavy atom. The van der Waals surface area contributed by atoms with Crippen molar-refractivity contribution < 1.29 is 0 Å². The summed E-state index contributed by atoms with van der Waals surface area (Å²) in [5.41, 5.74) is 6.57. The van der Waals surface area contributed by atoms with Crippen LogP contribution in [-0.4, -0.2) is 15.8 Å². The fourth-order valence-corrected chi connectivity index (χ4v) is 1.94. The number of fused-ring (bicyclic) bond motifs is 1. The van der Waals surface area contributed by atoms with Crippen LogP contribution in [0.1, 0.15) is 6.92 Å². The summed E-state index contributed by atoms with van der Waals surface area (Å²) < 4.78 is 1.79. The average Bonchev–Trinajstić information content (AvgIpc) is 2.55. The number of nitrogens with two attached hydrogens (primary N) is 1. The minimum absolute atomic E-state index is 0.0307. The summed E-state index contributed by atoms with van der Waals surface area (Å²) >= 11 is 12.1. The second kappa shape index (κ2) is 4.00. The molecule has 2 rings (SSSR count). The molecule has 80 valence electrons. The number of rotatable bonds is 2. The SMILES string of the molecule is C[C@H](N)Cn1ncc2ccc(Cl)c(Cl)c21. The molecule has 1 aromatic heterocycles. The van der Waals surface area contributed by atoms with Gasteiger partial charge in [0.05, 0.1) is 28.3 Å². The Hall–Kier alpha value is -0.770. The van der Waals surface area contributed by atoms with Crippen LogP contribution < -0.4 is 5.73 Å².